The molecule has 0 bridgehead atoms. The molecule has 7 nitrogen and oxygen atoms in total. The molecule has 3 rings (SSSR count). The van der Waals surface area contributed by atoms with Crippen molar-refractivity contribution in [2.24, 2.45) is 0 Å². The Morgan fingerprint density at radius 3 is 2.47 bits per heavy atom. The number of alkyl halides is 3. The molecule has 0 N–H and O–H groups in total. The van der Waals surface area contributed by atoms with Crippen LogP contribution in [-0.2, 0) is 10.9 Å². The Balaban J connectivity index is 2.21. The molecule has 3 aromatic rings. The Kier molecular flexibility index (Phi) is 5.86. The van der Waals surface area contributed by atoms with Crippen LogP contribution in [0.1, 0.15) is 36.3 Å². The maximum absolute atomic E-state index is 13.7. The number of carbonyl (C=O) groups is 1. The summed E-state index contributed by atoms with van der Waals surface area (Å²) in [5.41, 5.74) is -1.12. The zero-order valence-electron chi connectivity index (χ0n) is 16.8. The predicted octanol–water partition coefficient (Wildman–Crippen LogP) is 4.39. The molecule has 1 unspecified atom stereocenters. The van der Waals surface area contributed by atoms with Gasteiger partial charge in [0.25, 0.3) is 0 Å². The minimum atomic E-state index is -4.73. The van der Waals surface area contributed by atoms with E-state index >= 15 is 0 Å². The number of esters is 1. The van der Waals surface area contributed by atoms with Crippen LogP contribution in [0.25, 0.3) is 16.9 Å². The number of aromatic nitrogens is 3. The Bertz CT molecular complexity index is 1080. The lowest BCUT2D eigenvalue weighted by atomic mass is 10.1. The summed E-state index contributed by atoms with van der Waals surface area (Å²) in [6, 6.07) is 5.48. The van der Waals surface area contributed by atoms with Gasteiger partial charge in [-0.2, -0.15) is 18.3 Å². The highest BCUT2D eigenvalue weighted by Crippen LogP contribution is 2.35. The summed E-state index contributed by atoms with van der Waals surface area (Å²) in [7, 11) is 2.87. The van der Waals surface area contributed by atoms with Crippen LogP contribution in [0.15, 0.2) is 30.5 Å². The number of halogens is 3. The van der Waals surface area contributed by atoms with Crippen molar-refractivity contribution in [3.63, 3.8) is 0 Å². The molecule has 160 valence electrons. The quantitative estimate of drug-likeness (QED) is 0.548. The zero-order valence-corrected chi connectivity index (χ0v) is 16.8. The van der Waals surface area contributed by atoms with Crippen LogP contribution >= 0.6 is 0 Å². The second kappa shape index (κ2) is 8.21. The fourth-order valence-electron chi connectivity index (χ4n) is 2.78. The van der Waals surface area contributed by atoms with Gasteiger partial charge >= 0.3 is 12.1 Å². The standard InChI is InChI=1S/C20H20F3N3O4/c1-5-11(2)30-19(27)13-10-24-26-17(20(21,22)23)9-14(25-18(13)26)12-6-7-15(28-3)16(8-12)29-4/h6-11H,5H2,1-4H3. The first-order valence-electron chi connectivity index (χ1n) is 9.09. The van der Waals surface area contributed by atoms with E-state index < -0.39 is 23.9 Å². The highest BCUT2D eigenvalue weighted by atomic mass is 19.4. The highest BCUT2D eigenvalue weighted by Gasteiger charge is 2.36. The molecule has 30 heavy (non-hydrogen) atoms. The summed E-state index contributed by atoms with van der Waals surface area (Å²) in [5.74, 6) is -0.0416. The van der Waals surface area contributed by atoms with Crippen molar-refractivity contribution >= 4 is 11.6 Å². The minimum Gasteiger partial charge on any atom is -0.493 e. The van der Waals surface area contributed by atoms with Crippen LogP contribution < -0.4 is 9.47 Å². The number of methoxy groups -OCH3 is 2. The van der Waals surface area contributed by atoms with E-state index in [2.05, 4.69) is 10.1 Å². The molecule has 0 saturated carbocycles. The van der Waals surface area contributed by atoms with Crippen molar-refractivity contribution in [2.45, 2.75) is 32.5 Å². The van der Waals surface area contributed by atoms with Gasteiger partial charge in [0.2, 0.25) is 0 Å². The smallest absolute Gasteiger partial charge is 0.433 e. The number of ether oxygens (including phenoxy) is 3. The fraction of sp³-hybridized carbons (Fsp3) is 0.350. The molecule has 0 fully saturated rings. The second-order valence-corrected chi connectivity index (χ2v) is 6.51. The summed E-state index contributed by atoms with van der Waals surface area (Å²) >= 11 is 0. The minimum absolute atomic E-state index is 0.00568. The van der Waals surface area contributed by atoms with Crippen LogP contribution in [0.3, 0.4) is 0 Å². The predicted molar refractivity (Wildman–Crippen MR) is 102 cm³/mol. The normalized spacial score (nSPS) is 12.6. The summed E-state index contributed by atoms with van der Waals surface area (Å²) < 4.78 is 57.3. The number of nitrogens with zero attached hydrogens (tertiary/aromatic N) is 3. The topological polar surface area (TPSA) is 75.0 Å². The number of hydrogen-bond acceptors (Lipinski definition) is 6. The van der Waals surface area contributed by atoms with Gasteiger partial charge in [0, 0.05) is 5.56 Å². The average molecular weight is 423 g/mol. The third kappa shape index (κ3) is 4.03. The largest absolute Gasteiger partial charge is 0.493 e. The van der Waals surface area contributed by atoms with Crippen LogP contribution in [0.2, 0.25) is 0 Å². The van der Waals surface area contributed by atoms with Gasteiger partial charge in [-0.05, 0) is 37.6 Å². The molecule has 2 heterocycles. The monoisotopic (exact) mass is 423 g/mol. The molecule has 2 aromatic heterocycles. The van der Waals surface area contributed by atoms with E-state index in [1.165, 1.54) is 20.3 Å². The van der Waals surface area contributed by atoms with Crippen molar-refractivity contribution in [2.75, 3.05) is 14.2 Å². The van der Waals surface area contributed by atoms with Crippen molar-refractivity contribution < 1.29 is 32.2 Å². The average Bonchev–Trinajstić information content (AvgIpc) is 3.15. The molecular weight excluding hydrogens is 403 g/mol. The Morgan fingerprint density at radius 2 is 1.87 bits per heavy atom. The SMILES string of the molecule is CCC(C)OC(=O)c1cnn2c(C(F)(F)F)cc(-c3ccc(OC)c(OC)c3)nc12. The number of benzene rings is 1. The van der Waals surface area contributed by atoms with E-state index in [1.807, 2.05) is 6.92 Å². The molecule has 1 aromatic carbocycles. The van der Waals surface area contributed by atoms with Gasteiger partial charge in [-0.15, -0.1) is 0 Å². The molecule has 0 amide bonds. The lowest BCUT2D eigenvalue weighted by Gasteiger charge is -2.13. The lowest BCUT2D eigenvalue weighted by molar-refractivity contribution is -0.142. The molecule has 0 spiro atoms. The van der Waals surface area contributed by atoms with Crippen molar-refractivity contribution in [1.82, 2.24) is 14.6 Å². The van der Waals surface area contributed by atoms with Gasteiger partial charge in [-0.25, -0.2) is 14.3 Å². The summed E-state index contributed by atoms with van der Waals surface area (Å²) in [5, 5.41) is 3.72. The van der Waals surface area contributed by atoms with E-state index in [-0.39, 0.29) is 16.9 Å². The van der Waals surface area contributed by atoms with E-state index in [4.69, 9.17) is 14.2 Å². The number of rotatable bonds is 6. The van der Waals surface area contributed by atoms with Gasteiger partial charge < -0.3 is 14.2 Å². The van der Waals surface area contributed by atoms with Crippen molar-refractivity contribution in [3.8, 4) is 22.8 Å². The first kappa shape index (κ1) is 21.4. The summed E-state index contributed by atoms with van der Waals surface area (Å²) in [6.07, 6.45) is -3.54. The zero-order chi connectivity index (χ0) is 22.1. The fourth-order valence-corrected chi connectivity index (χ4v) is 2.78. The van der Waals surface area contributed by atoms with Crippen LogP contribution in [0.5, 0.6) is 11.5 Å². The Morgan fingerprint density at radius 1 is 1.17 bits per heavy atom. The number of hydrogen-bond donors (Lipinski definition) is 0. The van der Waals surface area contributed by atoms with E-state index in [9.17, 15) is 18.0 Å². The van der Waals surface area contributed by atoms with Gasteiger partial charge in [0.05, 0.1) is 32.2 Å². The molecule has 0 saturated heterocycles. The van der Waals surface area contributed by atoms with Crippen molar-refractivity contribution in [1.29, 1.82) is 0 Å². The Labute approximate surface area is 170 Å². The summed E-state index contributed by atoms with van der Waals surface area (Å²) in [4.78, 5) is 16.7. The lowest BCUT2D eigenvalue weighted by Crippen LogP contribution is -2.16. The van der Waals surface area contributed by atoms with Gasteiger partial charge in [0.1, 0.15) is 5.56 Å². The van der Waals surface area contributed by atoms with Crippen molar-refractivity contribution in [3.05, 3.63) is 41.7 Å². The Hall–Kier alpha value is -3.30. The van der Waals surface area contributed by atoms with Gasteiger partial charge in [0.15, 0.2) is 22.8 Å². The number of fused-ring (bicyclic) bond motifs is 1. The molecule has 0 radical (unpaired) electrons. The first-order chi connectivity index (χ1) is 14.2. The van der Waals surface area contributed by atoms with E-state index in [1.54, 1.807) is 19.1 Å². The van der Waals surface area contributed by atoms with Gasteiger partial charge in [-0.3, -0.25) is 0 Å². The number of carbonyl (C=O) groups excluding carboxylic acids is 1. The maximum atomic E-state index is 13.7. The third-order valence-corrected chi connectivity index (χ3v) is 4.54. The second-order valence-electron chi connectivity index (χ2n) is 6.51. The van der Waals surface area contributed by atoms with E-state index in [0.29, 0.717) is 28.0 Å². The van der Waals surface area contributed by atoms with Crippen LogP contribution in [-0.4, -0.2) is 40.9 Å². The maximum Gasteiger partial charge on any atom is 0.433 e. The molecule has 0 aliphatic heterocycles. The molecule has 1 atom stereocenters. The first-order valence-corrected chi connectivity index (χ1v) is 9.09. The highest BCUT2D eigenvalue weighted by molar-refractivity contribution is 5.96. The molecular formula is C20H20F3N3O4. The van der Waals surface area contributed by atoms with Crippen LogP contribution in [0, 0.1) is 0 Å². The van der Waals surface area contributed by atoms with Crippen LogP contribution in [0.4, 0.5) is 13.2 Å². The van der Waals surface area contributed by atoms with Gasteiger partial charge in [-0.1, -0.05) is 6.92 Å². The summed E-state index contributed by atoms with van der Waals surface area (Å²) in [6.45, 7) is 3.51. The third-order valence-electron chi connectivity index (χ3n) is 4.54. The molecule has 0 aliphatic carbocycles. The molecule has 0 aliphatic rings. The van der Waals surface area contributed by atoms with E-state index in [0.717, 1.165) is 12.3 Å². The molecule has 10 heteroatoms.